The monoisotopic (exact) mass is 552 g/mol. The number of Topliss-reactive ketones (excluding diaryl/α,β-unsaturated/α-hetero) is 1. The lowest BCUT2D eigenvalue weighted by Gasteiger charge is -2.36. The average Bonchev–Trinajstić information content (AvgIpc) is 3.27. The third-order valence-corrected chi connectivity index (χ3v) is 7.41. The number of rotatable bonds is 6. The van der Waals surface area contributed by atoms with Gasteiger partial charge in [-0.15, -0.1) is 0 Å². The average molecular weight is 552 g/mol. The molecule has 0 unspecified atom stereocenters. The Hall–Kier alpha value is -2.32. The van der Waals surface area contributed by atoms with E-state index in [9.17, 15) is 4.79 Å². The zero-order valence-electron chi connectivity index (χ0n) is 18.5. The smallest absolute Gasteiger partial charge is 0.200 e. The van der Waals surface area contributed by atoms with Crippen LogP contribution in [0, 0.1) is 0 Å². The van der Waals surface area contributed by atoms with Gasteiger partial charge in [-0.25, -0.2) is 0 Å². The van der Waals surface area contributed by atoms with Crippen LogP contribution in [0.15, 0.2) is 100 Å². The van der Waals surface area contributed by atoms with Crippen molar-refractivity contribution in [3.8, 4) is 0 Å². The van der Waals surface area contributed by atoms with Crippen LogP contribution in [0.5, 0.6) is 0 Å². The Labute approximate surface area is 207 Å². The standard InChI is InChI=1S/C28H25IO4/c1-27(2)32-25-22(23(29)24(30)26(25)33-27)18-31-28(19-12-6-3-7-13-19,20-14-8-4-9-15-20)21-16-10-5-11-17-21/h3-17,25-26H,18H2,1-2H3/t25-,26+/m1/s1. The molecule has 4 nitrogen and oxygen atoms in total. The largest absolute Gasteiger partial charge is 0.356 e. The van der Waals surface area contributed by atoms with E-state index >= 15 is 0 Å². The lowest BCUT2D eigenvalue weighted by Crippen LogP contribution is -2.35. The summed E-state index contributed by atoms with van der Waals surface area (Å²) >= 11 is 2.11. The SMILES string of the molecule is CC1(C)O[C@@H]2C(COC(c3ccccc3)(c3ccccc3)c3ccccc3)=C(I)C(=O)[C@@H]2O1. The molecule has 1 heterocycles. The predicted molar refractivity (Wildman–Crippen MR) is 135 cm³/mol. The van der Waals surface area contributed by atoms with Gasteiger partial charge in [-0.1, -0.05) is 91.0 Å². The maximum absolute atomic E-state index is 12.9. The summed E-state index contributed by atoms with van der Waals surface area (Å²) in [5.41, 5.74) is 3.03. The third-order valence-electron chi connectivity index (χ3n) is 6.18. The van der Waals surface area contributed by atoms with Crippen LogP contribution in [-0.4, -0.2) is 30.4 Å². The highest BCUT2D eigenvalue weighted by Gasteiger charge is 2.53. The summed E-state index contributed by atoms with van der Waals surface area (Å²) < 4.78 is 19.6. The summed E-state index contributed by atoms with van der Waals surface area (Å²) in [6.07, 6.45) is -1.04. The molecule has 0 N–H and O–H groups in total. The van der Waals surface area contributed by atoms with Crippen molar-refractivity contribution in [2.24, 2.45) is 0 Å². The van der Waals surface area contributed by atoms with Crippen LogP contribution in [0.1, 0.15) is 30.5 Å². The molecule has 0 spiro atoms. The van der Waals surface area contributed by atoms with Gasteiger partial charge in [0.05, 0.1) is 10.2 Å². The minimum Gasteiger partial charge on any atom is -0.356 e. The molecule has 5 rings (SSSR count). The molecule has 3 aromatic rings. The highest BCUT2D eigenvalue weighted by molar-refractivity contribution is 14.1. The van der Waals surface area contributed by atoms with Gasteiger partial charge in [0.15, 0.2) is 11.9 Å². The molecule has 2 atom stereocenters. The summed E-state index contributed by atoms with van der Waals surface area (Å²) in [4.78, 5) is 12.9. The highest BCUT2D eigenvalue weighted by Crippen LogP contribution is 2.45. The van der Waals surface area contributed by atoms with E-state index in [-0.39, 0.29) is 12.4 Å². The van der Waals surface area contributed by atoms with Crippen LogP contribution in [0.2, 0.25) is 0 Å². The number of ether oxygens (including phenoxy) is 3. The summed E-state index contributed by atoms with van der Waals surface area (Å²) in [6, 6.07) is 30.6. The first-order chi connectivity index (χ1) is 15.9. The molecule has 5 heteroatoms. The van der Waals surface area contributed by atoms with Gasteiger partial charge >= 0.3 is 0 Å². The number of hydrogen-bond donors (Lipinski definition) is 0. The van der Waals surface area contributed by atoms with Crippen LogP contribution in [0.3, 0.4) is 0 Å². The van der Waals surface area contributed by atoms with Gasteiger partial charge < -0.3 is 14.2 Å². The summed E-state index contributed by atoms with van der Waals surface area (Å²) in [5.74, 6) is -0.835. The van der Waals surface area contributed by atoms with Crippen LogP contribution in [0.4, 0.5) is 0 Å². The van der Waals surface area contributed by atoms with Crippen molar-refractivity contribution in [3.05, 3.63) is 117 Å². The molecule has 33 heavy (non-hydrogen) atoms. The Morgan fingerprint density at radius 2 is 1.21 bits per heavy atom. The van der Waals surface area contributed by atoms with Crippen LogP contribution in [-0.2, 0) is 24.6 Å². The predicted octanol–water partition coefficient (Wildman–Crippen LogP) is 5.79. The minimum absolute atomic E-state index is 0.0329. The molecule has 1 saturated heterocycles. The Balaban J connectivity index is 1.61. The fraction of sp³-hybridized carbons (Fsp3) is 0.250. The van der Waals surface area contributed by atoms with E-state index < -0.39 is 23.6 Å². The van der Waals surface area contributed by atoms with Crippen molar-refractivity contribution in [1.29, 1.82) is 0 Å². The molecule has 2 aliphatic rings. The molecular formula is C28H25IO4. The van der Waals surface area contributed by atoms with Crippen molar-refractivity contribution < 1.29 is 19.0 Å². The molecule has 168 valence electrons. The maximum atomic E-state index is 12.9. The second-order valence-corrected chi connectivity index (χ2v) is 9.83. The summed E-state index contributed by atoms with van der Waals surface area (Å²) in [6.45, 7) is 3.92. The molecular weight excluding hydrogens is 527 g/mol. The zero-order valence-corrected chi connectivity index (χ0v) is 20.7. The van der Waals surface area contributed by atoms with Gasteiger partial charge in [0.25, 0.3) is 0 Å². The Morgan fingerprint density at radius 1 is 0.788 bits per heavy atom. The molecule has 0 amide bonds. The Morgan fingerprint density at radius 3 is 1.67 bits per heavy atom. The number of carbonyl (C=O) groups excluding carboxylic acids is 1. The third kappa shape index (κ3) is 3.97. The number of ketones is 1. The summed E-state index contributed by atoms with van der Waals surface area (Å²) in [7, 11) is 0. The first kappa shape index (κ1) is 22.5. The van der Waals surface area contributed by atoms with E-state index in [0.717, 1.165) is 22.3 Å². The molecule has 1 aliphatic heterocycles. The van der Waals surface area contributed by atoms with E-state index in [4.69, 9.17) is 14.2 Å². The first-order valence-corrected chi connectivity index (χ1v) is 12.1. The van der Waals surface area contributed by atoms with Gasteiger partial charge in [-0.05, 0) is 53.1 Å². The van der Waals surface area contributed by atoms with Gasteiger partial charge in [0, 0.05) is 5.57 Å². The molecule has 0 aromatic heterocycles. The van der Waals surface area contributed by atoms with Crippen LogP contribution in [0.25, 0.3) is 0 Å². The van der Waals surface area contributed by atoms with E-state index in [2.05, 4.69) is 59.0 Å². The van der Waals surface area contributed by atoms with Gasteiger partial charge in [0.2, 0.25) is 5.78 Å². The normalized spacial score (nSPS) is 22.0. The fourth-order valence-electron chi connectivity index (χ4n) is 4.72. The number of halogens is 1. The first-order valence-electron chi connectivity index (χ1n) is 11.0. The number of carbonyl (C=O) groups is 1. The Bertz CT molecular complexity index is 1080. The number of benzene rings is 3. The molecule has 1 fully saturated rings. The van der Waals surface area contributed by atoms with E-state index in [1.165, 1.54) is 0 Å². The lowest BCUT2D eigenvalue weighted by molar-refractivity contribution is -0.153. The van der Waals surface area contributed by atoms with Crippen LogP contribution >= 0.6 is 22.6 Å². The molecule has 0 bridgehead atoms. The minimum atomic E-state index is -0.857. The van der Waals surface area contributed by atoms with E-state index in [1.54, 1.807) is 0 Å². The number of fused-ring (bicyclic) bond motifs is 1. The Kier molecular flexibility index (Phi) is 5.99. The topological polar surface area (TPSA) is 44.8 Å². The van der Waals surface area contributed by atoms with Crippen molar-refractivity contribution in [2.45, 2.75) is 37.4 Å². The van der Waals surface area contributed by atoms with Gasteiger partial charge in [-0.2, -0.15) is 0 Å². The maximum Gasteiger partial charge on any atom is 0.200 e. The number of hydrogen-bond acceptors (Lipinski definition) is 4. The van der Waals surface area contributed by atoms with Crippen molar-refractivity contribution >= 4 is 28.4 Å². The molecule has 3 aromatic carbocycles. The van der Waals surface area contributed by atoms with E-state index in [1.807, 2.05) is 68.4 Å². The van der Waals surface area contributed by atoms with Gasteiger partial charge in [-0.3, -0.25) is 4.79 Å². The molecule has 0 radical (unpaired) electrons. The second kappa shape index (κ2) is 8.80. The van der Waals surface area contributed by atoms with Crippen molar-refractivity contribution in [3.63, 3.8) is 0 Å². The quantitative estimate of drug-likeness (QED) is 0.287. The second-order valence-electron chi connectivity index (χ2n) is 8.75. The lowest BCUT2D eigenvalue weighted by atomic mass is 9.80. The highest BCUT2D eigenvalue weighted by atomic mass is 127. The van der Waals surface area contributed by atoms with Crippen molar-refractivity contribution in [1.82, 2.24) is 0 Å². The molecule has 0 saturated carbocycles. The van der Waals surface area contributed by atoms with Crippen molar-refractivity contribution in [2.75, 3.05) is 6.61 Å². The molecule has 1 aliphatic carbocycles. The van der Waals surface area contributed by atoms with Crippen LogP contribution < -0.4 is 0 Å². The van der Waals surface area contributed by atoms with Gasteiger partial charge in [0.1, 0.15) is 11.7 Å². The zero-order chi connectivity index (χ0) is 23.1. The fourth-order valence-corrected chi connectivity index (χ4v) is 5.49. The summed E-state index contributed by atoms with van der Waals surface area (Å²) in [5, 5.41) is 0. The van der Waals surface area contributed by atoms with E-state index in [0.29, 0.717) is 3.58 Å².